The molecule has 0 atom stereocenters. The van der Waals surface area contributed by atoms with E-state index in [0.29, 0.717) is 0 Å². The standard InChI is InChI=1S/C15H22N2O2.HI.NO3/c1-17-9-7-14(16-8-3-4-10-18)13-6-5-12(19-2)11-15(13)17;;2-1(3)4/h5-7,11,16,18H,3-4,8-10H2,1-2H3;1H;/q;;-1/p+1. The number of aliphatic hydroxyl groups excluding tert-OH is 1. The minimum absolute atomic E-state index is 0. The molecule has 136 valence electrons. The normalized spacial score (nSPS) is 12.1. The lowest BCUT2D eigenvalue weighted by molar-refractivity contribution is -0.563. The maximum atomic E-state index is 8.80. The van der Waals surface area contributed by atoms with Crippen LogP contribution in [0.3, 0.4) is 0 Å². The van der Waals surface area contributed by atoms with Gasteiger partial charge in [0.1, 0.15) is 11.4 Å². The molecule has 3 N–H and O–H groups in total. The highest BCUT2D eigenvalue weighted by Gasteiger charge is 2.19. The maximum absolute atomic E-state index is 8.80. The molecular weight excluding hydrogens is 429 g/mol. The number of unbranched alkanes of at least 4 members (excludes halogenated alkanes) is 1. The summed E-state index contributed by atoms with van der Waals surface area (Å²) in [4.78, 5) is 10.5. The van der Waals surface area contributed by atoms with E-state index in [-0.39, 0.29) is 30.6 Å². The van der Waals surface area contributed by atoms with Crippen LogP contribution >= 0.6 is 24.0 Å². The van der Waals surface area contributed by atoms with Crippen LogP contribution < -0.4 is 15.0 Å². The number of aliphatic hydroxyl groups is 1. The second-order valence-electron chi connectivity index (χ2n) is 5.07. The van der Waals surface area contributed by atoms with Gasteiger partial charge in [-0.15, -0.1) is 24.0 Å². The van der Waals surface area contributed by atoms with Crippen LogP contribution in [0.2, 0.25) is 0 Å². The number of nitrogens with two attached hydrogens (primary N) is 1. The van der Waals surface area contributed by atoms with E-state index in [1.807, 2.05) is 6.07 Å². The van der Waals surface area contributed by atoms with E-state index < -0.39 is 5.09 Å². The summed E-state index contributed by atoms with van der Waals surface area (Å²) in [6.45, 7) is 2.22. The molecule has 0 bridgehead atoms. The Hall–Kier alpha value is -1.59. The monoisotopic (exact) mass is 453 g/mol. The molecule has 0 unspecified atom stereocenters. The van der Waals surface area contributed by atoms with Gasteiger partial charge in [0, 0.05) is 26.3 Å². The molecule has 0 amide bonds. The fraction of sp³-hybridized carbons (Fsp3) is 0.467. The first-order valence-corrected chi connectivity index (χ1v) is 7.35. The van der Waals surface area contributed by atoms with Gasteiger partial charge in [-0.25, -0.2) is 0 Å². The van der Waals surface area contributed by atoms with Crippen molar-refractivity contribution in [1.29, 1.82) is 0 Å². The molecule has 0 radical (unpaired) electrons. The van der Waals surface area contributed by atoms with Crippen molar-refractivity contribution in [3.05, 3.63) is 45.2 Å². The predicted molar refractivity (Wildman–Crippen MR) is 103 cm³/mol. The van der Waals surface area contributed by atoms with E-state index in [1.54, 1.807) is 7.11 Å². The number of fused-ring (bicyclic) bond motifs is 1. The highest BCUT2D eigenvalue weighted by atomic mass is 127. The number of ether oxygens (including phenoxy) is 1. The minimum atomic E-state index is -1.75. The summed E-state index contributed by atoms with van der Waals surface area (Å²) in [7, 11) is 3.79. The summed E-state index contributed by atoms with van der Waals surface area (Å²) in [6, 6.07) is 6.22. The first-order valence-electron chi connectivity index (χ1n) is 7.35. The van der Waals surface area contributed by atoms with Gasteiger partial charge in [0.05, 0.1) is 30.0 Å². The zero-order valence-electron chi connectivity index (χ0n) is 13.8. The molecule has 0 spiro atoms. The second-order valence-corrected chi connectivity index (χ2v) is 5.07. The molecule has 1 aromatic rings. The van der Waals surface area contributed by atoms with Crippen LogP contribution in [0.5, 0.6) is 5.75 Å². The molecule has 24 heavy (non-hydrogen) atoms. The summed E-state index contributed by atoms with van der Waals surface area (Å²) in [6.07, 6.45) is 4.17. The molecule has 0 fully saturated rings. The molecule has 1 heterocycles. The molecule has 9 heteroatoms. The van der Waals surface area contributed by atoms with E-state index >= 15 is 0 Å². The average molecular weight is 453 g/mol. The molecule has 8 nitrogen and oxygen atoms in total. The number of quaternary nitrogens is 1. The Labute approximate surface area is 158 Å². The summed E-state index contributed by atoms with van der Waals surface area (Å²) in [5.74, 6) is 0.895. The van der Waals surface area contributed by atoms with E-state index in [4.69, 9.17) is 25.2 Å². The average Bonchev–Trinajstić information content (AvgIpc) is 2.52. The van der Waals surface area contributed by atoms with Crippen LogP contribution in [0.4, 0.5) is 5.69 Å². The van der Waals surface area contributed by atoms with Gasteiger partial charge in [0.25, 0.3) is 0 Å². The third-order valence-electron chi connectivity index (χ3n) is 3.49. The first kappa shape index (κ1) is 22.4. The number of rotatable bonds is 6. The van der Waals surface area contributed by atoms with Crippen LogP contribution in [0.1, 0.15) is 18.4 Å². The molecule has 0 aromatic heterocycles. The number of hydrogen-bond acceptors (Lipinski definition) is 6. The summed E-state index contributed by atoms with van der Waals surface area (Å²) in [5, 5.41) is 25.8. The third-order valence-corrected chi connectivity index (χ3v) is 3.49. The van der Waals surface area contributed by atoms with Crippen LogP contribution in [-0.4, -0.2) is 44.0 Å². The van der Waals surface area contributed by atoms with Crippen LogP contribution in [0.15, 0.2) is 24.3 Å². The van der Waals surface area contributed by atoms with Crippen molar-refractivity contribution in [2.45, 2.75) is 12.8 Å². The fourth-order valence-electron chi connectivity index (χ4n) is 2.35. The van der Waals surface area contributed by atoms with Crippen molar-refractivity contribution in [1.82, 2.24) is 0 Å². The Bertz CT molecular complexity index is 550. The summed E-state index contributed by atoms with van der Waals surface area (Å²) >= 11 is 0. The fourth-order valence-corrected chi connectivity index (χ4v) is 2.35. The Balaban J connectivity index is 0.000000954. The predicted octanol–water partition coefficient (Wildman–Crippen LogP) is 1.20. The zero-order chi connectivity index (χ0) is 17.2. The van der Waals surface area contributed by atoms with Gasteiger partial charge in [-0.05, 0) is 31.1 Å². The first-order chi connectivity index (χ1) is 11.0. The van der Waals surface area contributed by atoms with Crippen molar-refractivity contribution in [3.63, 3.8) is 0 Å². The van der Waals surface area contributed by atoms with Crippen molar-refractivity contribution < 1.29 is 20.2 Å². The Morgan fingerprint density at radius 3 is 2.62 bits per heavy atom. The van der Waals surface area contributed by atoms with Crippen molar-refractivity contribution >= 4 is 35.4 Å². The molecule has 2 rings (SSSR count). The van der Waals surface area contributed by atoms with Gasteiger partial charge in [0.2, 0.25) is 0 Å². The Morgan fingerprint density at radius 2 is 2.04 bits per heavy atom. The lowest BCUT2D eigenvalue weighted by Gasteiger charge is -2.26. The second kappa shape index (κ2) is 11.9. The van der Waals surface area contributed by atoms with E-state index in [2.05, 4.69) is 35.5 Å². The number of methoxy groups -OCH3 is 1. The van der Waals surface area contributed by atoms with Gasteiger partial charge in [-0.3, -0.25) is 0 Å². The third kappa shape index (κ3) is 7.32. The number of nitrogens with zero attached hydrogens (tertiary/aromatic N) is 2. The van der Waals surface area contributed by atoms with Gasteiger partial charge < -0.3 is 35.4 Å². The minimum Gasteiger partial charge on any atom is -0.497 e. The van der Waals surface area contributed by atoms with Crippen molar-refractivity contribution in [2.75, 3.05) is 38.8 Å². The lowest BCUT2D eigenvalue weighted by Crippen LogP contribution is -2.81. The molecule has 0 saturated carbocycles. The quantitative estimate of drug-likeness (QED) is 0.290. The number of hydrogen-bond donors (Lipinski definition) is 2. The SMILES string of the molecule is COc1ccc2c(c1)N(C)CC=C2[NH2+]CCCCO.I.O=[N+]([O-])[O-]. The molecule has 0 saturated heterocycles. The highest BCUT2D eigenvalue weighted by Crippen LogP contribution is 2.30. The molecule has 1 aromatic carbocycles. The van der Waals surface area contributed by atoms with Crippen molar-refractivity contribution in [2.24, 2.45) is 0 Å². The van der Waals surface area contributed by atoms with Crippen LogP contribution in [0.25, 0.3) is 5.70 Å². The van der Waals surface area contributed by atoms with Crippen LogP contribution in [0, 0.1) is 15.3 Å². The number of likely N-dealkylation sites (N-methyl/N-ethyl adjacent to an activating group) is 1. The zero-order valence-corrected chi connectivity index (χ0v) is 16.1. The van der Waals surface area contributed by atoms with Gasteiger partial charge >= 0.3 is 0 Å². The highest BCUT2D eigenvalue weighted by molar-refractivity contribution is 14.0. The molecule has 1 aliphatic heterocycles. The summed E-state index contributed by atoms with van der Waals surface area (Å²) in [5.41, 5.74) is 3.78. The molecule has 0 aliphatic carbocycles. The van der Waals surface area contributed by atoms with Crippen molar-refractivity contribution in [3.8, 4) is 5.75 Å². The topological polar surface area (TPSA) is 116 Å². The van der Waals surface area contributed by atoms with E-state index in [0.717, 1.165) is 31.7 Å². The largest absolute Gasteiger partial charge is 0.497 e. The maximum Gasteiger partial charge on any atom is 0.136 e. The smallest absolute Gasteiger partial charge is 0.136 e. The van der Waals surface area contributed by atoms with Gasteiger partial charge in [-0.2, -0.15) is 0 Å². The number of halogens is 1. The Morgan fingerprint density at radius 1 is 1.38 bits per heavy atom. The van der Waals surface area contributed by atoms with Gasteiger partial charge in [0.15, 0.2) is 0 Å². The molecular formula is C15H24IN3O5. The number of anilines is 1. The van der Waals surface area contributed by atoms with Gasteiger partial charge in [-0.1, -0.05) is 0 Å². The van der Waals surface area contributed by atoms with E-state index in [1.165, 1.54) is 16.9 Å². The van der Waals surface area contributed by atoms with E-state index in [9.17, 15) is 0 Å². The Kier molecular flexibility index (Phi) is 11.1. The summed E-state index contributed by atoms with van der Waals surface area (Å²) < 4.78 is 5.29. The number of benzene rings is 1. The van der Waals surface area contributed by atoms with Crippen LogP contribution in [-0.2, 0) is 0 Å². The molecule has 1 aliphatic rings. The lowest BCUT2D eigenvalue weighted by atomic mass is 10.0.